The third-order valence-corrected chi connectivity index (χ3v) is 4.95. The lowest BCUT2D eigenvalue weighted by atomic mass is 10.2. The Morgan fingerprint density at radius 3 is 2.81 bits per heavy atom. The van der Waals surface area contributed by atoms with Gasteiger partial charge in [-0.25, -0.2) is 14.2 Å². The number of methoxy groups -OCH3 is 1. The maximum Gasteiger partial charge on any atom is 0.354 e. The predicted octanol–water partition coefficient (Wildman–Crippen LogP) is 4.49. The lowest BCUT2D eigenvalue weighted by Gasteiger charge is -2.03. The van der Waals surface area contributed by atoms with Crippen LogP contribution >= 0.6 is 11.3 Å². The number of aromatic nitrogens is 2. The number of H-pyrrole nitrogens is 1. The highest BCUT2D eigenvalue weighted by molar-refractivity contribution is 7.14. The van der Waals surface area contributed by atoms with Gasteiger partial charge < -0.3 is 18.9 Å². The lowest BCUT2D eigenvalue weighted by Crippen LogP contribution is -2.10. The van der Waals surface area contributed by atoms with Gasteiger partial charge in [0.25, 0.3) is 5.91 Å². The zero-order chi connectivity index (χ0) is 21.8. The van der Waals surface area contributed by atoms with Gasteiger partial charge in [-0.05, 0) is 42.5 Å². The Hall–Kier alpha value is -3.92. The van der Waals surface area contributed by atoms with Crippen LogP contribution in [0.15, 0.2) is 58.5 Å². The molecule has 2 N–H and O–H groups in total. The van der Waals surface area contributed by atoms with E-state index in [1.807, 2.05) is 0 Å². The summed E-state index contributed by atoms with van der Waals surface area (Å²) in [5, 5.41) is 4.80. The Morgan fingerprint density at radius 2 is 2.03 bits per heavy atom. The molecule has 0 bridgehead atoms. The number of thiazole rings is 1. The summed E-state index contributed by atoms with van der Waals surface area (Å²) in [6.45, 7) is 0.0936. The van der Waals surface area contributed by atoms with E-state index in [1.54, 1.807) is 23.7 Å². The first-order valence-corrected chi connectivity index (χ1v) is 9.91. The number of esters is 1. The van der Waals surface area contributed by atoms with E-state index in [4.69, 9.17) is 9.15 Å². The number of carbonyl (C=O) groups excluding carboxylic acids is 2. The van der Waals surface area contributed by atoms with E-state index in [0.29, 0.717) is 33.6 Å². The monoisotopic (exact) mass is 441 g/mol. The number of ether oxygens (including phenoxy) is 2. The van der Waals surface area contributed by atoms with E-state index in [1.165, 1.54) is 48.8 Å². The molecule has 0 fully saturated rings. The maximum atomic E-state index is 12.9. The molecule has 0 atom stereocenters. The minimum absolute atomic E-state index is 0.0936. The molecule has 31 heavy (non-hydrogen) atoms. The van der Waals surface area contributed by atoms with Gasteiger partial charge >= 0.3 is 5.97 Å². The molecule has 4 rings (SSSR count). The Labute approximate surface area is 179 Å². The second-order valence-electron chi connectivity index (χ2n) is 6.29. The Bertz CT molecular complexity index is 1210. The summed E-state index contributed by atoms with van der Waals surface area (Å²) in [4.78, 5) is 31.1. The maximum absolute atomic E-state index is 12.9. The van der Waals surface area contributed by atoms with E-state index in [2.05, 4.69) is 20.0 Å². The number of hydrogen-bond acceptors (Lipinski definition) is 7. The third-order valence-electron chi connectivity index (χ3n) is 4.19. The molecule has 3 aromatic heterocycles. The molecular weight excluding hydrogens is 425 g/mol. The van der Waals surface area contributed by atoms with Gasteiger partial charge in [0.05, 0.1) is 12.8 Å². The minimum Gasteiger partial charge on any atom is -0.486 e. The predicted molar refractivity (Wildman–Crippen MR) is 111 cm³/mol. The zero-order valence-corrected chi connectivity index (χ0v) is 17.0. The third kappa shape index (κ3) is 4.81. The fourth-order valence-electron chi connectivity index (χ4n) is 2.66. The number of nitrogens with zero attached hydrogens (tertiary/aromatic N) is 1. The normalized spacial score (nSPS) is 10.6. The summed E-state index contributed by atoms with van der Waals surface area (Å²) in [5.74, 6) is -0.263. The molecule has 0 saturated carbocycles. The molecule has 0 unspecified atom stereocenters. The molecule has 1 aromatic carbocycles. The number of nitrogens with one attached hydrogen (secondary N) is 2. The van der Waals surface area contributed by atoms with Crippen LogP contribution in [-0.4, -0.2) is 29.0 Å². The first kappa shape index (κ1) is 20.4. The van der Waals surface area contributed by atoms with Crippen LogP contribution in [0.3, 0.4) is 0 Å². The van der Waals surface area contributed by atoms with E-state index < -0.39 is 11.9 Å². The molecule has 0 aliphatic heterocycles. The molecule has 0 aliphatic carbocycles. The highest BCUT2D eigenvalue weighted by Gasteiger charge is 2.16. The average Bonchev–Trinajstić information content (AvgIpc) is 3.53. The van der Waals surface area contributed by atoms with Crippen molar-refractivity contribution < 1.29 is 27.9 Å². The number of carbonyl (C=O) groups is 2. The number of amides is 1. The molecule has 0 spiro atoms. The van der Waals surface area contributed by atoms with Crippen LogP contribution in [0, 0.1) is 5.82 Å². The van der Waals surface area contributed by atoms with Crippen molar-refractivity contribution in [2.45, 2.75) is 6.61 Å². The van der Waals surface area contributed by atoms with Crippen molar-refractivity contribution in [1.29, 1.82) is 0 Å². The van der Waals surface area contributed by atoms with E-state index in [0.717, 1.165) is 0 Å². The molecule has 4 aromatic rings. The summed E-state index contributed by atoms with van der Waals surface area (Å²) in [6, 6.07) is 10.4. The van der Waals surface area contributed by atoms with Gasteiger partial charge in [-0.15, -0.1) is 11.3 Å². The van der Waals surface area contributed by atoms with E-state index in [9.17, 15) is 14.0 Å². The smallest absolute Gasteiger partial charge is 0.354 e. The first-order valence-electron chi connectivity index (χ1n) is 9.03. The van der Waals surface area contributed by atoms with Crippen LogP contribution in [0.25, 0.3) is 11.3 Å². The van der Waals surface area contributed by atoms with Gasteiger partial charge in [0.2, 0.25) is 0 Å². The van der Waals surface area contributed by atoms with Crippen molar-refractivity contribution in [3.63, 3.8) is 0 Å². The molecule has 10 heteroatoms. The average molecular weight is 441 g/mol. The molecule has 1 amide bonds. The number of anilines is 1. The van der Waals surface area contributed by atoms with Crippen LogP contribution < -0.4 is 10.1 Å². The highest BCUT2D eigenvalue weighted by atomic mass is 32.1. The summed E-state index contributed by atoms with van der Waals surface area (Å²) in [6.07, 6.45) is 1.63. The van der Waals surface area contributed by atoms with Crippen molar-refractivity contribution in [1.82, 2.24) is 9.97 Å². The fraction of sp³-hybridized carbons (Fsp3) is 0.0952. The van der Waals surface area contributed by atoms with Crippen LogP contribution in [0.4, 0.5) is 9.52 Å². The van der Waals surface area contributed by atoms with Crippen LogP contribution in [0.5, 0.6) is 5.75 Å². The molecular formula is C21H16FN3O5S. The largest absolute Gasteiger partial charge is 0.486 e. The Balaban J connectivity index is 1.36. The molecule has 0 aliphatic rings. The topological polar surface area (TPSA) is 106 Å². The number of aromatic amines is 1. The Kier molecular flexibility index (Phi) is 5.80. The van der Waals surface area contributed by atoms with Crippen LogP contribution in [-0.2, 0) is 11.3 Å². The zero-order valence-electron chi connectivity index (χ0n) is 16.2. The van der Waals surface area contributed by atoms with Crippen molar-refractivity contribution in [2.24, 2.45) is 0 Å². The quantitative estimate of drug-likeness (QED) is 0.410. The second kappa shape index (κ2) is 8.84. The number of halogens is 1. The van der Waals surface area contributed by atoms with Crippen molar-refractivity contribution >= 4 is 28.3 Å². The summed E-state index contributed by atoms with van der Waals surface area (Å²) >= 11 is 1.24. The molecule has 8 nitrogen and oxygen atoms in total. The summed E-state index contributed by atoms with van der Waals surface area (Å²) in [7, 11) is 1.30. The molecule has 0 saturated heterocycles. The molecule has 3 heterocycles. The van der Waals surface area contributed by atoms with Crippen LogP contribution in [0.2, 0.25) is 0 Å². The van der Waals surface area contributed by atoms with Gasteiger partial charge in [-0.3, -0.25) is 10.1 Å². The number of hydrogen-bond donors (Lipinski definition) is 2. The second-order valence-corrected chi connectivity index (χ2v) is 7.15. The highest BCUT2D eigenvalue weighted by Crippen LogP contribution is 2.26. The van der Waals surface area contributed by atoms with Gasteiger partial charge in [0.1, 0.15) is 29.6 Å². The van der Waals surface area contributed by atoms with Crippen LogP contribution in [0.1, 0.15) is 26.8 Å². The van der Waals surface area contributed by atoms with Gasteiger partial charge in [-0.2, -0.15) is 0 Å². The van der Waals surface area contributed by atoms with Gasteiger partial charge in [0, 0.05) is 17.1 Å². The lowest BCUT2D eigenvalue weighted by molar-refractivity contribution is 0.0594. The minimum atomic E-state index is -0.480. The summed E-state index contributed by atoms with van der Waals surface area (Å²) < 4.78 is 28.6. The number of rotatable bonds is 7. The van der Waals surface area contributed by atoms with Crippen molar-refractivity contribution in [2.75, 3.05) is 12.4 Å². The number of furan rings is 1. The summed E-state index contributed by atoms with van der Waals surface area (Å²) in [5.41, 5.74) is 1.59. The van der Waals surface area contributed by atoms with E-state index >= 15 is 0 Å². The Morgan fingerprint density at radius 1 is 1.23 bits per heavy atom. The molecule has 0 radical (unpaired) electrons. The number of benzene rings is 1. The fourth-order valence-corrected chi connectivity index (χ4v) is 3.37. The standard InChI is InChI=1S/C21H16FN3O5S/c1-28-20(27)16-8-12(9-23-16)17-11-31-21(24-17)25-19(26)18-7-6-15(30-18)10-29-14-4-2-13(22)3-5-14/h2-9,11,23H,10H2,1H3,(H,24,25,26). The molecule has 158 valence electrons. The van der Waals surface area contributed by atoms with E-state index in [-0.39, 0.29) is 18.2 Å². The van der Waals surface area contributed by atoms with Gasteiger partial charge in [-0.1, -0.05) is 0 Å². The first-order chi connectivity index (χ1) is 15.0. The van der Waals surface area contributed by atoms with Gasteiger partial charge in [0.15, 0.2) is 10.9 Å². The van der Waals surface area contributed by atoms with Crippen molar-refractivity contribution in [3.8, 4) is 17.0 Å². The SMILES string of the molecule is COC(=O)c1cc(-c2csc(NC(=O)c3ccc(COc4ccc(F)cc4)o3)n2)c[nH]1. The van der Waals surface area contributed by atoms with Crippen molar-refractivity contribution in [3.05, 3.63) is 77.1 Å².